The third kappa shape index (κ3) is 3.52. The van der Waals surface area contributed by atoms with Gasteiger partial charge in [0.1, 0.15) is 0 Å². The monoisotopic (exact) mass is 300 g/mol. The molecule has 0 heterocycles. The van der Waals surface area contributed by atoms with Crippen LogP contribution >= 0.6 is 22.6 Å². The van der Waals surface area contributed by atoms with Crippen LogP contribution in [-0.2, 0) is 0 Å². The lowest BCUT2D eigenvalue weighted by molar-refractivity contribution is -0.0430. The highest BCUT2D eigenvalue weighted by atomic mass is 127. The van der Waals surface area contributed by atoms with Crippen molar-refractivity contribution in [3.05, 3.63) is 12.2 Å². The topological polar surface area (TPSA) is 0 Å². The van der Waals surface area contributed by atoms with E-state index in [1.54, 1.807) is 13.0 Å². The molecule has 0 aromatic rings. The predicted octanol–water partition coefficient (Wildman–Crippen LogP) is 4.19. The first-order chi connectivity index (χ1) is 6.02. The summed E-state index contributed by atoms with van der Waals surface area (Å²) in [5.74, 6) is -3.11. The van der Waals surface area contributed by atoms with Gasteiger partial charge in [-0.15, -0.1) is 0 Å². The zero-order chi connectivity index (χ0) is 9.90. The molecule has 3 heteroatoms. The second kappa shape index (κ2) is 4.71. The van der Waals surface area contributed by atoms with Gasteiger partial charge < -0.3 is 0 Å². The number of alkyl halides is 3. The average Bonchev–Trinajstić information content (AvgIpc) is 2.11. The van der Waals surface area contributed by atoms with Crippen LogP contribution in [0.5, 0.6) is 0 Å². The lowest BCUT2D eigenvalue weighted by Gasteiger charge is -2.21. The van der Waals surface area contributed by atoms with Gasteiger partial charge in [0.2, 0.25) is 0 Å². The maximum absolute atomic E-state index is 13.3. The van der Waals surface area contributed by atoms with E-state index in [1.807, 2.05) is 6.08 Å². The van der Waals surface area contributed by atoms with E-state index < -0.39 is 11.8 Å². The first-order valence-corrected chi connectivity index (χ1v) is 5.95. The van der Waals surface area contributed by atoms with Gasteiger partial charge in [-0.2, -0.15) is 0 Å². The maximum atomic E-state index is 13.3. The Morgan fingerprint density at radius 2 is 2.08 bits per heavy atom. The molecule has 13 heavy (non-hydrogen) atoms. The number of allylic oxidation sites excluding steroid dienone is 2. The Morgan fingerprint density at radius 3 is 2.77 bits per heavy atom. The molecule has 1 aliphatic rings. The Hall–Kier alpha value is 0.330. The fourth-order valence-electron chi connectivity index (χ4n) is 1.44. The Labute approximate surface area is 91.9 Å². The van der Waals surface area contributed by atoms with Crippen LogP contribution in [0.4, 0.5) is 8.78 Å². The molecule has 0 bridgehead atoms. The summed E-state index contributed by atoms with van der Waals surface area (Å²) in [6.45, 7) is 1.60. The van der Waals surface area contributed by atoms with Crippen LogP contribution in [0.15, 0.2) is 12.2 Å². The van der Waals surface area contributed by atoms with Crippen molar-refractivity contribution in [2.45, 2.75) is 42.5 Å². The molecule has 76 valence electrons. The van der Waals surface area contributed by atoms with Gasteiger partial charge in [0.25, 0.3) is 5.92 Å². The zero-order valence-electron chi connectivity index (χ0n) is 7.77. The summed E-state index contributed by atoms with van der Waals surface area (Å²) in [4.78, 5) is 0. The van der Waals surface area contributed by atoms with Crippen LogP contribution in [0.3, 0.4) is 0 Å². The Morgan fingerprint density at radius 1 is 1.38 bits per heavy atom. The van der Waals surface area contributed by atoms with Gasteiger partial charge in [-0.1, -0.05) is 41.7 Å². The van der Waals surface area contributed by atoms with E-state index in [9.17, 15) is 8.78 Å². The van der Waals surface area contributed by atoms with Crippen LogP contribution in [-0.4, -0.2) is 9.85 Å². The molecule has 0 aliphatic heterocycles. The quantitative estimate of drug-likeness (QED) is 0.357. The molecule has 1 rings (SSSR count). The molecule has 0 amide bonds. The third-order valence-corrected chi connectivity index (χ3v) is 3.77. The minimum absolute atomic E-state index is 0.0338. The highest BCUT2D eigenvalue weighted by Crippen LogP contribution is 2.34. The number of hydrogen-bond acceptors (Lipinski definition) is 0. The number of hydrogen-bond donors (Lipinski definition) is 0. The highest BCUT2D eigenvalue weighted by Gasteiger charge is 2.35. The summed E-state index contributed by atoms with van der Waals surface area (Å²) in [6.07, 6.45) is 6.20. The van der Waals surface area contributed by atoms with E-state index in [-0.39, 0.29) is 6.42 Å². The molecule has 2 unspecified atom stereocenters. The van der Waals surface area contributed by atoms with Gasteiger partial charge in [0, 0.05) is 16.3 Å². The molecule has 0 N–H and O–H groups in total. The van der Waals surface area contributed by atoms with E-state index >= 15 is 0 Å². The van der Waals surface area contributed by atoms with Crippen molar-refractivity contribution < 1.29 is 8.78 Å². The van der Waals surface area contributed by atoms with E-state index in [2.05, 4.69) is 22.6 Å². The molecule has 2 atom stereocenters. The SMILES string of the molecule is CC1/C=C\CCC(I)CCC1(F)F. The molecular formula is C10H15F2I. The first-order valence-electron chi connectivity index (χ1n) is 4.71. The van der Waals surface area contributed by atoms with Crippen molar-refractivity contribution in [2.24, 2.45) is 5.92 Å². The summed E-state index contributed by atoms with van der Waals surface area (Å²) in [7, 11) is 0. The lowest BCUT2D eigenvalue weighted by Crippen LogP contribution is -2.25. The fourth-order valence-corrected chi connectivity index (χ4v) is 2.11. The lowest BCUT2D eigenvalue weighted by atomic mass is 9.99. The van der Waals surface area contributed by atoms with Gasteiger partial charge in [0.05, 0.1) is 0 Å². The molecule has 0 nitrogen and oxygen atoms in total. The average molecular weight is 300 g/mol. The summed E-state index contributed by atoms with van der Waals surface area (Å²) >= 11 is 2.27. The smallest absolute Gasteiger partial charge is 0.206 e. The van der Waals surface area contributed by atoms with E-state index in [1.165, 1.54) is 0 Å². The number of rotatable bonds is 0. The minimum atomic E-state index is -2.51. The van der Waals surface area contributed by atoms with Gasteiger partial charge in [-0.05, 0) is 19.3 Å². The van der Waals surface area contributed by atoms with Crippen LogP contribution in [0, 0.1) is 5.92 Å². The molecule has 0 aromatic heterocycles. The molecule has 0 aromatic carbocycles. The van der Waals surface area contributed by atoms with E-state index in [0.717, 1.165) is 12.8 Å². The van der Waals surface area contributed by atoms with Crippen LogP contribution in [0.2, 0.25) is 0 Å². The van der Waals surface area contributed by atoms with Crippen molar-refractivity contribution in [1.82, 2.24) is 0 Å². The van der Waals surface area contributed by atoms with Crippen molar-refractivity contribution in [2.75, 3.05) is 0 Å². The van der Waals surface area contributed by atoms with Crippen molar-refractivity contribution in [1.29, 1.82) is 0 Å². The van der Waals surface area contributed by atoms with Gasteiger partial charge in [-0.25, -0.2) is 8.78 Å². The largest absolute Gasteiger partial charge is 0.254 e. The van der Waals surface area contributed by atoms with Gasteiger partial charge in [0.15, 0.2) is 0 Å². The molecular weight excluding hydrogens is 285 g/mol. The van der Waals surface area contributed by atoms with Gasteiger partial charge >= 0.3 is 0 Å². The normalized spacial score (nSPS) is 37.2. The molecule has 1 aliphatic carbocycles. The zero-order valence-corrected chi connectivity index (χ0v) is 9.93. The predicted molar refractivity (Wildman–Crippen MR) is 59.5 cm³/mol. The van der Waals surface area contributed by atoms with E-state index in [0.29, 0.717) is 10.3 Å². The van der Waals surface area contributed by atoms with Crippen LogP contribution in [0.1, 0.15) is 32.6 Å². The number of halogens is 3. The Bertz CT molecular complexity index is 189. The standard InChI is InChI=1S/C10H15F2I/c1-8-4-2-3-5-9(13)6-7-10(8,11)12/h2,4,8-9H,3,5-7H2,1H3/b4-2-. The van der Waals surface area contributed by atoms with Crippen LogP contribution < -0.4 is 0 Å². The summed E-state index contributed by atoms with van der Waals surface area (Å²) in [5.41, 5.74) is 0. The third-order valence-electron chi connectivity index (χ3n) is 2.53. The minimum Gasteiger partial charge on any atom is -0.206 e. The molecule has 0 saturated carbocycles. The summed E-state index contributed by atoms with van der Waals surface area (Å²) in [6, 6.07) is 0. The van der Waals surface area contributed by atoms with Crippen LogP contribution in [0.25, 0.3) is 0 Å². The van der Waals surface area contributed by atoms with Gasteiger partial charge in [-0.3, -0.25) is 0 Å². The summed E-state index contributed by atoms with van der Waals surface area (Å²) < 4.78 is 27.1. The van der Waals surface area contributed by atoms with Crippen molar-refractivity contribution in [3.63, 3.8) is 0 Å². The molecule has 0 radical (unpaired) electrons. The highest BCUT2D eigenvalue weighted by molar-refractivity contribution is 14.1. The fraction of sp³-hybridized carbons (Fsp3) is 0.800. The summed E-state index contributed by atoms with van der Waals surface area (Å²) in [5, 5.41) is 0. The second-order valence-corrected chi connectivity index (χ2v) is 5.45. The Kier molecular flexibility index (Phi) is 4.13. The maximum Gasteiger partial charge on any atom is 0.254 e. The first kappa shape index (κ1) is 11.4. The Balaban J connectivity index is 2.65. The molecule has 0 spiro atoms. The van der Waals surface area contributed by atoms with Crippen molar-refractivity contribution >= 4 is 22.6 Å². The van der Waals surface area contributed by atoms with E-state index in [4.69, 9.17) is 0 Å². The molecule has 0 saturated heterocycles. The van der Waals surface area contributed by atoms with Crippen molar-refractivity contribution in [3.8, 4) is 0 Å². The molecule has 0 fully saturated rings. The second-order valence-electron chi connectivity index (χ2n) is 3.69.